The molecule has 0 fully saturated rings. The van der Waals surface area contributed by atoms with Crippen LogP contribution in [0.1, 0.15) is 50.8 Å². The van der Waals surface area contributed by atoms with Crippen molar-refractivity contribution in [3.05, 3.63) is 65.2 Å². The summed E-state index contributed by atoms with van der Waals surface area (Å²) in [5.74, 6) is 5.94. The molecule has 4 nitrogen and oxygen atoms in total. The molecule has 0 saturated carbocycles. The smallest absolute Gasteiger partial charge is 0.421 e. The molecular formula is C24H25NO3. The molecule has 2 aromatic carbocycles. The summed E-state index contributed by atoms with van der Waals surface area (Å²) in [6, 6.07) is 15.3. The van der Waals surface area contributed by atoms with Gasteiger partial charge in [0.05, 0.1) is 11.1 Å². The fraction of sp³-hybridized carbons (Fsp3) is 0.333. The number of ether oxygens (including phenoxy) is 1. The molecule has 0 unspecified atom stereocenters. The van der Waals surface area contributed by atoms with E-state index >= 15 is 0 Å². The Balaban J connectivity index is 1.98. The Bertz CT molecular complexity index is 976. The number of carbonyl (C=O) groups is 2. The van der Waals surface area contributed by atoms with Crippen LogP contribution in [0.3, 0.4) is 0 Å². The molecule has 3 rings (SSSR count). The maximum absolute atomic E-state index is 13.3. The molecule has 1 aliphatic rings. The zero-order valence-corrected chi connectivity index (χ0v) is 17.0. The highest BCUT2D eigenvalue weighted by Crippen LogP contribution is 2.44. The minimum absolute atomic E-state index is 0.301. The highest BCUT2D eigenvalue weighted by atomic mass is 16.6. The topological polar surface area (TPSA) is 46.6 Å². The van der Waals surface area contributed by atoms with Crippen LogP contribution in [0.25, 0.3) is 0 Å². The van der Waals surface area contributed by atoms with E-state index in [-0.39, 0.29) is 5.91 Å². The summed E-state index contributed by atoms with van der Waals surface area (Å²) in [6.45, 7) is 9.17. The van der Waals surface area contributed by atoms with Gasteiger partial charge >= 0.3 is 6.09 Å². The first-order chi connectivity index (χ1) is 13.1. The highest BCUT2D eigenvalue weighted by Gasteiger charge is 2.50. The van der Waals surface area contributed by atoms with Crippen molar-refractivity contribution in [2.75, 3.05) is 4.90 Å². The van der Waals surface area contributed by atoms with Crippen molar-refractivity contribution in [2.24, 2.45) is 0 Å². The number of fused-ring (bicyclic) bond motifs is 1. The van der Waals surface area contributed by atoms with Gasteiger partial charge in [0.2, 0.25) is 5.91 Å². The Kier molecular flexibility index (Phi) is 5.04. The molecule has 0 bridgehead atoms. The van der Waals surface area contributed by atoms with Gasteiger partial charge in [-0.3, -0.25) is 4.79 Å². The number of anilines is 1. The summed E-state index contributed by atoms with van der Waals surface area (Å²) in [4.78, 5) is 27.2. The molecule has 0 aliphatic carbocycles. The maximum Gasteiger partial charge on any atom is 0.421 e. The number of hydrogen-bond acceptors (Lipinski definition) is 3. The Hall–Kier alpha value is -3.06. The van der Waals surface area contributed by atoms with E-state index in [1.165, 1.54) is 0 Å². The molecule has 0 aromatic heterocycles. The van der Waals surface area contributed by atoms with E-state index in [1.54, 1.807) is 20.8 Å². The first-order valence-electron chi connectivity index (χ1n) is 9.34. The molecule has 2 aromatic rings. The van der Waals surface area contributed by atoms with Crippen LogP contribution in [0.4, 0.5) is 10.5 Å². The molecule has 144 valence electrons. The summed E-state index contributed by atoms with van der Waals surface area (Å²) in [6.07, 6.45) is -0.335. The van der Waals surface area contributed by atoms with Gasteiger partial charge in [-0.2, -0.15) is 0 Å². The molecule has 1 aliphatic heterocycles. The second-order valence-corrected chi connectivity index (χ2v) is 8.32. The molecule has 1 atom stereocenters. The third-order valence-corrected chi connectivity index (χ3v) is 4.69. The predicted octanol–water partition coefficient (Wildman–Crippen LogP) is 4.98. The summed E-state index contributed by atoms with van der Waals surface area (Å²) < 4.78 is 5.48. The van der Waals surface area contributed by atoms with Gasteiger partial charge in [0, 0.05) is 12.0 Å². The van der Waals surface area contributed by atoms with Gasteiger partial charge in [-0.15, -0.1) is 0 Å². The quantitative estimate of drug-likeness (QED) is 0.661. The summed E-state index contributed by atoms with van der Waals surface area (Å²) in [5.41, 5.74) is 1.72. The fourth-order valence-corrected chi connectivity index (χ4v) is 3.26. The lowest BCUT2D eigenvalue weighted by Crippen LogP contribution is -2.44. The van der Waals surface area contributed by atoms with Crippen LogP contribution >= 0.6 is 0 Å². The van der Waals surface area contributed by atoms with Gasteiger partial charge in [-0.05, 0) is 58.4 Å². The van der Waals surface area contributed by atoms with Crippen LogP contribution in [0.15, 0.2) is 48.5 Å². The monoisotopic (exact) mass is 375 g/mol. The fourth-order valence-electron chi connectivity index (χ4n) is 3.26. The second kappa shape index (κ2) is 7.16. The average molecular weight is 375 g/mol. The van der Waals surface area contributed by atoms with Gasteiger partial charge in [0.15, 0.2) is 0 Å². The first kappa shape index (κ1) is 19.7. The number of benzene rings is 2. The minimum Gasteiger partial charge on any atom is -0.443 e. The Morgan fingerprint density at radius 2 is 1.82 bits per heavy atom. The third kappa shape index (κ3) is 3.80. The average Bonchev–Trinajstić information content (AvgIpc) is 2.82. The lowest BCUT2D eigenvalue weighted by atomic mass is 9.80. The largest absolute Gasteiger partial charge is 0.443 e. The third-order valence-electron chi connectivity index (χ3n) is 4.69. The molecule has 2 amide bonds. The van der Waals surface area contributed by atoms with Crippen LogP contribution < -0.4 is 4.90 Å². The van der Waals surface area contributed by atoms with Gasteiger partial charge in [0.25, 0.3) is 0 Å². The number of amides is 2. The number of carbonyl (C=O) groups excluding carboxylic acids is 2. The first-order valence-corrected chi connectivity index (χ1v) is 9.34. The highest BCUT2D eigenvalue weighted by molar-refractivity contribution is 6.21. The van der Waals surface area contributed by atoms with Gasteiger partial charge in [0.1, 0.15) is 5.60 Å². The minimum atomic E-state index is -0.903. The van der Waals surface area contributed by atoms with Gasteiger partial charge in [-0.25, -0.2) is 9.69 Å². The number of rotatable bonds is 1. The van der Waals surface area contributed by atoms with Crippen LogP contribution in [-0.2, 0) is 14.9 Å². The summed E-state index contributed by atoms with van der Waals surface area (Å²) >= 11 is 0. The van der Waals surface area contributed by atoms with E-state index in [0.717, 1.165) is 21.6 Å². The molecule has 0 N–H and O–H groups in total. The van der Waals surface area contributed by atoms with E-state index in [4.69, 9.17) is 4.74 Å². The molecular weight excluding hydrogens is 350 g/mol. The summed E-state index contributed by atoms with van der Waals surface area (Å²) in [5, 5.41) is 0. The van der Waals surface area contributed by atoms with E-state index < -0.39 is 17.1 Å². The van der Waals surface area contributed by atoms with Crippen LogP contribution in [0, 0.1) is 18.8 Å². The molecule has 0 radical (unpaired) electrons. The molecule has 1 heterocycles. The Morgan fingerprint density at radius 3 is 2.46 bits per heavy atom. The predicted molar refractivity (Wildman–Crippen MR) is 110 cm³/mol. The van der Waals surface area contributed by atoms with Crippen molar-refractivity contribution in [2.45, 2.75) is 52.1 Å². The van der Waals surface area contributed by atoms with Crippen molar-refractivity contribution in [3.8, 4) is 11.8 Å². The number of imide groups is 1. The molecule has 0 spiro atoms. The lowest BCUT2D eigenvalue weighted by molar-refractivity contribution is -0.122. The standard InChI is InChI=1S/C24H25NO3/c1-17-13-14-20-19(16-17)24(5,15-9-12-18-10-7-6-8-11-18)21(26)25(20)22(27)28-23(2,3)4/h6-8,10-11,13-14,16H,15H2,1-5H3/t24-/m0/s1. The van der Waals surface area contributed by atoms with Crippen molar-refractivity contribution in [1.29, 1.82) is 0 Å². The van der Waals surface area contributed by atoms with E-state index in [0.29, 0.717) is 12.1 Å². The molecule has 28 heavy (non-hydrogen) atoms. The van der Waals surface area contributed by atoms with Crippen molar-refractivity contribution < 1.29 is 14.3 Å². The van der Waals surface area contributed by atoms with Crippen LogP contribution in [0.2, 0.25) is 0 Å². The van der Waals surface area contributed by atoms with Crippen LogP contribution in [0.5, 0.6) is 0 Å². The molecule has 4 heteroatoms. The maximum atomic E-state index is 13.3. The van der Waals surface area contributed by atoms with Crippen molar-refractivity contribution in [1.82, 2.24) is 0 Å². The molecule has 0 saturated heterocycles. The normalized spacial score (nSPS) is 18.3. The number of hydrogen-bond donors (Lipinski definition) is 0. The lowest BCUT2D eigenvalue weighted by Gasteiger charge is -2.25. The second-order valence-electron chi connectivity index (χ2n) is 8.32. The SMILES string of the molecule is Cc1ccc2c(c1)[C@](C)(CC#Cc1ccccc1)C(=O)N2C(=O)OC(C)(C)C. The Labute approximate surface area is 166 Å². The van der Waals surface area contributed by atoms with Gasteiger partial charge in [-0.1, -0.05) is 47.7 Å². The Morgan fingerprint density at radius 1 is 1.14 bits per heavy atom. The van der Waals surface area contributed by atoms with Crippen molar-refractivity contribution >= 4 is 17.7 Å². The number of nitrogens with zero attached hydrogens (tertiary/aromatic N) is 1. The van der Waals surface area contributed by atoms with E-state index in [9.17, 15) is 9.59 Å². The van der Waals surface area contributed by atoms with E-state index in [2.05, 4.69) is 11.8 Å². The zero-order valence-electron chi connectivity index (χ0n) is 17.0. The number of aryl methyl sites for hydroxylation is 1. The van der Waals surface area contributed by atoms with Gasteiger partial charge < -0.3 is 4.74 Å². The summed E-state index contributed by atoms with van der Waals surface area (Å²) in [7, 11) is 0. The zero-order chi connectivity index (χ0) is 20.5. The van der Waals surface area contributed by atoms with E-state index in [1.807, 2.05) is 62.4 Å². The van der Waals surface area contributed by atoms with Crippen molar-refractivity contribution in [3.63, 3.8) is 0 Å². The van der Waals surface area contributed by atoms with Crippen LogP contribution in [-0.4, -0.2) is 17.6 Å².